The molecule has 13 heavy (non-hydrogen) atoms. The van der Waals surface area contributed by atoms with Crippen LogP contribution in [0.3, 0.4) is 0 Å². The molecule has 0 saturated heterocycles. The van der Waals surface area contributed by atoms with Crippen molar-refractivity contribution < 1.29 is 0 Å². The van der Waals surface area contributed by atoms with Crippen molar-refractivity contribution in [1.82, 2.24) is 0 Å². The summed E-state index contributed by atoms with van der Waals surface area (Å²) in [6.07, 6.45) is 11.2. The molecule has 0 aromatic carbocycles. The first-order valence-electron chi connectivity index (χ1n) is 5.97. The Morgan fingerprint density at radius 2 is 1.69 bits per heavy atom. The summed E-state index contributed by atoms with van der Waals surface area (Å²) in [6.45, 7) is 2.29. The molecule has 2 saturated carbocycles. The Morgan fingerprint density at radius 1 is 1.08 bits per heavy atom. The van der Waals surface area contributed by atoms with Gasteiger partial charge in [0.25, 0.3) is 0 Å². The highest BCUT2D eigenvalue weighted by Gasteiger charge is 2.36. The van der Waals surface area contributed by atoms with Gasteiger partial charge in [-0.05, 0) is 38.0 Å². The molecule has 1 unspecified atom stereocenters. The second-order valence-electron chi connectivity index (χ2n) is 5.49. The molecule has 0 aliphatic heterocycles. The summed E-state index contributed by atoms with van der Waals surface area (Å²) in [5.74, 6) is 1.80. The highest BCUT2D eigenvalue weighted by atomic mass is 14.8. The molecule has 0 aromatic rings. The number of rotatable bonds is 3. The van der Waals surface area contributed by atoms with E-state index in [0.717, 1.165) is 11.8 Å². The Bertz CT molecular complexity index is 164. The Balaban J connectivity index is 1.86. The van der Waals surface area contributed by atoms with Crippen molar-refractivity contribution in [2.45, 2.75) is 63.8 Å². The van der Waals surface area contributed by atoms with E-state index in [9.17, 15) is 0 Å². The molecule has 2 N–H and O–H groups in total. The van der Waals surface area contributed by atoms with Gasteiger partial charge in [0.15, 0.2) is 0 Å². The first-order chi connectivity index (χ1) is 6.18. The predicted molar refractivity (Wildman–Crippen MR) is 56.5 cm³/mol. The number of hydrogen-bond donors (Lipinski definition) is 1. The van der Waals surface area contributed by atoms with Crippen molar-refractivity contribution in [1.29, 1.82) is 0 Å². The Kier molecular flexibility index (Phi) is 2.64. The van der Waals surface area contributed by atoms with Crippen molar-refractivity contribution >= 4 is 0 Å². The third kappa shape index (κ3) is 2.46. The van der Waals surface area contributed by atoms with Gasteiger partial charge in [0, 0.05) is 5.54 Å². The zero-order valence-electron chi connectivity index (χ0n) is 8.89. The molecule has 0 heterocycles. The molecule has 76 valence electrons. The van der Waals surface area contributed by atoms with Gasteiger partial charge < -0.3 is 5.73 Å². The van der Waals surface area contributed by atoms with E-state index in [4.69, 9.17) is 5.73 Å². The van der Waals surface area contributed by atoms with Crippen LogP contribution in [0.5, 0.6) is 0 Å². The fraction of sp³-hybridized carbons (Fsp3) is 1.00. The van der Waals surface area contributed by atoms with E-state index in [0.29, 0.717) is 0 Å². The van der Waals surface area contributed by atoms with Crippen LogP contribution in [-0.4, -0.2) is 5.54 Å². The summed E-state index contributed by atoms with van der Waals surface area (Å²) in [5, 5.41) is 0. The van der Waals surface area contributed by atoms with Crippen LogP contribution in [-0.2, 0) is 0 Å². The summed E-state index contributed by atoms with van der Waals surface area (Å²) >= 11 is 0. The molecule has 0 radical (unpaired) electrons. The summed E-state index contributed by atoms with van der Waals surface area (Å²) in [4.78, 5) is 0. The largest absolute Gasteiger partial charge is 0.325 e. The molecule has 2 aliphatic rings. The van der Waals surface area contributed by atoms with Crippen molar-refractivity contribution in [3.05, 3.63) is 0 Å². The molecule has 1 nitrogen and oxygen atoms in total. The summed E-state index contributed by atoms with van der Waals surface area (Å²) < 4.78 is 0. The van der Waals surface area contributed by atoms with Crippen molar-refractivity contribution in [3.63, 3.8) is 0 Å². The fourth-order valence-corrected chi connectivity index (χ4v) is 2.87. The van der Waals surface area contributed by atoms with Crippen LogP contribution in [0.15, 0.2) is 0 Å². The molecule has 0 bridgehead atoms. The van der Waals surface area contributed by atoms with Crippen LogP contribution in [0.4, 0.5) is 0 Å². The topological polar surface area (TPSA) is 26.0 Å². The minimum Gasteiger partial charge on any atom is -0.325 e. The maximum Gasteiger partial charge on any atom is 0.0156 e. The number of hydrogen-bond acceptors (Lipinski definition) is 1. The van der Waals surface area contributed by atoms with E-state index in [1.54, 1.807) is 0 Å². The van der Waals surface area contributed by atoms with E-state index < -0.39 is 0 Å². The molecule has 1 heteroatoms. The van der Waals surface area contributed by atoms with Crippen molar-refractivity contribution in [2.24, 2.45) is 17.6 Å². The maximum absolute atomic E-state index is 6.43. The molecule has 0 aromatic heterocycles. The van der Waals surface area contributed by atoms with Gasteiger partial charge in [-0.1, -0.05) is 32.1 Å². The molecular weight excluding hydrogens is 158 g/mol. The number of nitrogens with two attached hydrogens (primary N) is 1. The predicted octanol–water partition coefficient (Wildman–Crippen LogP) is 3.08. The smallest absolute Gasteiger partial charge is 0.0156 e. The fourth-order valence-electron chi connectivity index (χ4n) is 2.87. The van der Waals surface area contributed by atoms with Crippen LogP contribution < -0.4 is 5.73 Å². The van der Waals surface area contributed by atoms with Crippen LogP contribution in [0.25, 0.3) is 0 Å². The normalized spacial score (nSPS) is 30.0. The van der Waals surface area contributed by atoms with E-state index in [-0.39, 0.29) is 5.54 Å². The Morgan fingerprint density at radius 3 is 2.23 bits per heavy atom. The molecular formula is C12H23N. The molecule has 2 rings (SSSR count). The van der Waals surface area contributed by atoms with Gasteiger partial charge in [0.2, 0.25) is 0 Å². The van der Waals surface area contributed by atoms with Crippen LogP contribution in [0, 0.1) is 11.8 Å². The first-order valence-corrected chi connectivity index (χ1v) is 5.97. The maximum atomic E-state index is 6.43. The average Bonchev–Trinajstić information content (AvgIpc) is 2.89. The quantitative estimate of drug-likeness (QED) is 0.711. The lowest BCUT2D eigenvalue weighted by molar-refractivity contribution is 0.203. The molecule has 2 fully saturated rings. The standard InChI is InChI=1S/C12H23N/c1-12(13,9-10-7-8-10)11-5-3-2-4-6-11/h10-11H,2-9,13H2,1H3. The Hall–Kier alpha value is -0.0400. The van der Waals surface area contributed by atoms with Gasteiger partial charge >= 0.3 is 0 Å². The zero-order valence-corrected chi connectivity index (χ0v) is 8.89. The lowest BCUT2D eigenvalue weighted by atomic mass is 9.74. The SMILES string of the molecule is CC(N)(CC1CC1)C1CCCCC1. The second-order valence-corrected chi connectivity index (χ2v) is 5.49. The lowest BCUT2D eigenvalue weighted by Gasteiger charge is -2.37. The van der Waals surface area contributed by atoms with E-state index in [2.05, 4.69) is 6.92 Å². The minimum absolute atomic E-state index is 0.154. The van der Waals surface area contributed by atoms with Gasteiger partial charge in [-0.25, -0.2) is 0 Å². The third-order valence-corrected chi connectivity index (χ3v) is 3.96. The second kappa shape index (κ2) is 3.61. The van der Waals surface area contributed by atoms with Gasteiger partial charge in [-0.2, -0.15) is 0 Å². The summed E-state index contributed by atoms with van der Waals surface area (Å²) in [6, 6.07) is 0. The van der Waals surface area contributed by atoms with Gasteiger partial charge in [0.05, 0.1) is 0 Å². The van der Waals surface area contributed by atoms with Crippen molar-refractivity contribution in [2.75, 3.05) is 0 Å². The first kappa shape index (κ1) is 9.51. The van der Waals surface area contributed by atoms with Crippen LogP contribution in [0.2, 0.25) is 0 Å². The highest BCUT2D eigenvalue weighted by molar-refractivity contribution is 4.93. The Labute approximate surface area is 82.1 Å². The van der Waals surface area contributed by atoms with E-state index in [1.807, 2.05) is 0 Å². The molecule has 1 atom stereocenters. The molecule has 0 spiro atoms. The molecule has 0 amide bonds. The monoisotopic (exact) mass is 181 g/mol. The van der Waals surface area contributed by atoms with Gasteiger partial charge in [0.1, 0.15) is 0 Å². The lowest BCUT2D eigenvalue weighted by Crippen LogP contribution is -2.45. The van der Waals surface area contributed by atoms with Crippen molar-refractivity contribution in [3.8, 4) is 0 Å². The minimum atomic E-state index is 0.154. The third-order valence-electron chi connectivity index (χ3n) is 3.96. The van der Waals surface area contributed by atoms with Crippen LogP contribution in [0.1, 0.15) is 58.3 Å². The molecule has 2 aliphatic carbocycles. The highest BCUT2D eigenvalue weighted by Crippen LogP contribution is 2.41. The average molecular weight is 181 g/mol. The van der Waals surface area contributed by atoms with E-state index in [1.165, 1.54) is 51.4 Å². The van der Waals surface area contributed by atoms with Gasteiger partial charge in [-0.15, -0.1) is 0 Å². The van der Waals surface area contributed by atoms with Crippen LogP contribution >= 0.6 is 0 Å². The zero-order chi connectivity index (χ0) is 9.31. The summed E-state index contributed by atoms with van der Waals surface area (Å²) in [5.41, 5.74) is 6.59. The van der Waals surface area contributed by atoms with E-state index >= 15 is 0 Å². The van der Waals surface area contributed by atoms with Gasteiger partial charge in [-0.3, -0.25) is 0 Å². The summed E-state index contributed by atoms with van der Waals surface area (Å²) in [7, 11) is 0.